The summed E-state index contributed by atoms with van der Waals surface area (Å²) in [5.41, 5.74) is -0.553. The lowest BCUT2D eigenvalue weighted by Crippen LogP contribution is -2.57. The van der Waals surface area contributed by atoms with Gasteiger partial charge in [-0.05, 0) is 45.1 Å². The van der Waals surface area contributed by atoms with Crippen molar-refractivity contribution in [3.8, 4) is 0 Å². The van der Waals surface area contributed by atoms with Crippen LogP contribution in [0.3, 0.4) is 0 Å². The summed E-state index contributed by atoms with van der Waals surface area (Å²) >= 11 is 0. The number of unbranched alkanes of at least 4 members (excludes halogenated alkanes) is 2. The van der Waals surface area contributed by atoms with Gasteiger partial charge in [0.25, 0.3) is 0 Å². The van der Waals surface area contributed by atoms with Gasteiger partial charge < -0.3 is 29.7 Å². The molecule has 0 aromatic heterocycles. The standard InChI is InChI=1S/C32H41N3O7/c1-21(2)34-17-9-4-8-14-25(37)33-20-24(22-12-6-3-7-13-22)41-31(40)26-23-15-16-32(42-23)27(26)29(38)35(28(32)30(34)39)18-10-5-11-19-36/h3-4,6-7,9,12-13,15-16,21,23-24,26-28,36H,5,8,10-11,14,17-20H2,1-2H3,(H,33,37)/b9-4-/t23-,24-,26+,27+,28-,32+/m1/s1. The fourth-order valence-electron chi connectivity index (χ4n) is 6.67. The first-order valence-corrected chi connectivity index (χ1v) is 15.0. The van der Waals surface area contributed by atoms with E-state index in [1.54, 1.807) is 22.0 Å². The first-order chi connectivity index (χ1) is 20.3. The number of esters is 1. The van der Waals surface area contributed by atoms with Crippen molar-refractivity contribution in [1.29, 1.82) is 0 Å². The number of likely N-dealkylation sites (tertiary alicyclic amines) is 1. The van der Waals surface area contributed by atoms with E-state index in [1.165, 1.54) is 0 Å². The number of nitrogens with zero attached hydrogens (tertiary/aromatic N) is 2. The molecule has 2 N–H and O–H groups in total. The maximum atomic E-state index is 14.3. The molecular weight excluding hydrogens is 538 g/mol. The molecule has 4 aliphatic rings. The van der Waals surface area contributed by atoms with Crippen molar-refractivity contribution in [3.05, 3.63) is 60.2 Å². The van der Waals surface area contributed by atoms with E-state index in [0.29, 0.717) is 38.8 Å². The van der Waals surface area contributed by atoms with Crippen LogP contribution in [0.25, 0.3) is 0 Å². The predicted octanol–water partition coefficient (Wildman–Crippen LogP) is 2.29. The highest BCUT2D eigenvalue weighted by Crippen LogP contribution is 2.56. The third kappa shape index (κ3) is 5.62. The number of benzene rings is 1. The van der Waals surface area contributed by atoms with Gasteiger partial charge in [0, 0.05) is 32.2 Å². The van der Waals surface area contributed by atoms with Crippen LogP contribution in [0.2, 0.25) is 0 Å². The molecule has 4 aliphatic heterocycles. The van der Waals surface area contributed by atoms with Crippen molar-refractivity contribution < 1.29 is 33.8 Å². The lowest BCUT2D eigenvalue weighted by molar-refractivity contribution is -0.159. The highest BCUT2D eigenvalue weighted by Gasteiger charge is 2.73. The topological polar surface area (TPSA) is 125 Å². The summed E-state index contributed by atoms with van der Waals surface area (Å²) in [7, 11) is 0. The quantitative estimate of drug-likeness (QED) is 0.289. The van der Waals surface area contributed by atoms with Crippen molar-refractivity contribution in [2.24, 2.45) is 11.8 Å². The van der Waals surface area contributed by atoms with Crippen LogP contribution in [0.15, 0.2) is 54.6 Å². The van der Waals surface area contributed by atoms with Crippen LogP contribution >= 0.6 is 0 Å². The van der Waals surface area contributed by atoms with Crippen LogP contribution in [0.5, 0.6) is 0 Å². The molecule has 2 saturated heterocycles. The van der Waals surface area contributed by atoms with Gasteiger partial charge in [-0.25, -0.2) is 0 Å². The molecule has 10 heteroatoms. The highest BCUT2D eigenvalue weighted by molar-refractivity contribution is 5.99. The van der Waals surface area contributed by atoms with Crippen LogP contribution in [0.4, 0.5) is 0 Å². The zero-order valence-electron chi connectivity index (χ0n) is 24.3. The zero-order chi connectivity index (χ0) is 29.9. The summed E-state index contributed by atoms with van der Waals surface area (Å²) in [5, 5.41) is 12.1. The molecule has 3 amide bonds. The molecule has 5 bridgehead atoms. The molecule has 1 spiro atoms. The van der Waals surface area contributed by atoms with Crippen molar-refractivity contribution in [2.45, 2.75) is 75.8 Å². The number of allylic oxidation sites excluding steroid dienone is 1. The number of rotatable bonds is 7. The molecule has 0 aliphatic carbocycles. The van der Waals surface area contributed by atoms with E-state index >= 15 is 0 Å². The summed E-state index contributed by atoms with van der Waals surface area (Å²) in [4.78, 5) is 58.3. The summed E-state index contributed by atoms with van der Waals surface area (Å²) in [6, 6.07) is 8.10. The van der Waals surface area contributed by atoms with Gasteiger partial charge in [0.1, 0.15) is 23.7 Å². The molecule has 10 nitrogen and oxygen atoms in total. The van der Waals surface area contributed by atoms with E-state index in [9.17, 15) is 24.3 Å². The SMILES string of the molecule is CC(C)N1C/C=C\CCC(=O)NC[C@H](c2ccccc2)OC(=O)[C@@H]2[C@H]3C(=O)N(CCCCCO)[C@H](C1=O)[C@]31C=C[C@H]2O1. The zero-order valence-corrected chi connectivity index (χ0v) is 24.3. The smallest absolute Gasteiger partial charge is 0.313 e. The molecule has 1 aromatic carbocycles. The Morgan fingerprint density at radius 2 is 1.83 bits per heavy atom. The predicted molar refractivity (Wildman–Crippen MR) is 154 cm³/mol. The van der Waals surface area contributed by atoms with E-state index in [4.69, 9.17) is 9.47 Å². The van der Waals surface area contributed by atoms with Crippen LogP contribution in [-0.2, 0) is 28.7 Å². The van der Waals surface area contributed by atoms with Crippen LogP contribution in [-0.4, -0.2) is 88.6 Å². The van der Waals surface area contributed by atoms with E-state index in [-0.39, 0.29) is 43.3 Å². The number of ether oxygens (including phenoxy) is 2. The monoisotopic (exact) mass is 579 g/mol. The van der Waals surface area contributed by atoms with Crippen molar-refractivity contribution in [3.63, 3.8) is 0 Å². The number of aliphatic hydroxyl groups is 1. The lowest BCUT2D eigenvalue weighted by Gasteiger charge is -2.37. The second-order valence-corrected chi connectivity index (χ2v) is 11.8. The number of cyclic esters (lactones) is 1. The van der Waals surface area contributed by atoms with Crippen LogP contribution < -0.4 is 5.32 Å². The van der Waals surface area contributed by atoms with Gasteiger partial charge in [0.05, 0.1) is 18.6 Å². The minimum absolute atomic E-state index is 0.0564. The summed E-state index contributed by atoms with van der Waals surface area (Å²) in [6.07, 6.45) is 8.55. The Morgan fingerprint density at radius 1 is 1.05 bits per heavy atom. The number of aliphatic hydroxyl groups excluding tert-OH is 1. The van der Waals surface area contributed by atoms with Gasteiger partial charge >= 0.3 is 5.97 Å². The summed E-state index contributed by atoms with van der Waals surface area (Å²) in [5.74, 6) is -3.13. The first kappa shape index (κ1) is 30.0. The van der Waals surface area contributed by atoms with Gasteiger partial charge in [-0.3, -0.25) is 19.2 Å². The highest BCUT2D eigenvalue weighted by atomic mass is 16.6. The van der Waals surface area contributed by atoms with Gasteiger partial charge in [-0.1, -0.05) is 54.6 Å². The Morgan fingerprint density at radius 3 is 2.57 bits per heavy atom. The van der Waals surface area contributed by atoms with E-state index in [1.807, 2.05) is 56.3 Å². The molecular formula is C32H41N3O7. The van der Waals surface area contributed by atoms with Gasteiger partial charge in [-0.2, -0.15) is 0 Å². The minimum atomic E-state index is -1.28. The molecule has 226 valence electrons. The van der Waals surface area contributed by atoms with Crippen molar-refractivity contribution in [1.82, 2.24) is 15.1 Å². The molecule has 2 fully saturated rings. The number of carbonyl (C=O) groups excluding carboxylic acids is 4. The van der Waals surface area contributed by atoms with Crippen molar-refractivity contribution in [2.75, 3.05) is 26.2 Å². The Bertz CT molecular complexity index is 1230. The summed E-state index contributed by atoms with van der Waals surface area (Å²) < 4.78 is 12.5. The Hall–Kier alpha value is -3.50. The molecule has 42 heavy (non-hydrogen) atoms. The van der Waals surface area contributed by atoms with E-state index in [0.717, 1.165) is 5.56 Å². The molecule has 0 unspecified atom stereocenters. The summed E-state index contributed by atoms with van der Waals surface area (Å²) in [6.45, 7) is 4.63. The number of nitrogens with one attached hydrogen (secondary N) is 1. The molecule has 0 saturated carbocycles. The van der Waals surface area contributed by atoms with Gasteiger partial charge in [0.2, 0.25) is 17.7 Å². The maximum Gasteiger partial charge on any atom is 0.313 e. The molecule has 0 radical (unpaired) electrons. The molecule has 6 atom stereocenters. The van der Waals surface area contributed by atoms with Gasteiger partial charge in [-0.15, -0.1) is 0 Å². The number of fused-ring (bicyclic) bond motifs is 2. The second-order valence-electron chi connectivity index (χ2n) is 11.8. The number of amides is 3. The van der Waals surface area contributed by atoms with E-state index in [2.05, 4.69) is 5.32 Å². The Labute approximate surface area is 246 Å². The van der Waals surface area contributed by atoms with E-state index < -0.39 is 41.7 Å². The second kappa shape index (κ2) is 12.8. The fraction of sp³-hybridized carbons (Fsp3) is 0.562. The Kier molecular flexibility index (Phi) is 9.13. The normalized spacial score (nSPS) is 32.3. The average Bonchev–Trinajstić information content (AvgIpc) is 3.62. The molecule has 4 heterocycles. The van der Waals surface area contributed by atoms with Crippen molar-refractivity contribution >= 4 is 23.7 Å². The third-order valence-corrected chi connectivity index (χ3v) is 8.76. The average molecular weight is 580 g/mol. The Balaban J connectivity index is 1.53. The fourth-order valence-corrected chi connectivity index (χ4v) is 6.67. The maximum absolute atomic E-state index is 14.3. The minimum Gasteiger partial charge on any atom is -0.455 e. The number of hydrogen-bond donors (Lipinski definition) is 2. The number of hydrogen-bond acceptors (Lipinski definition) is 7. The van der Waals surface area contributed by atoms with Crippen LogP contribution in [0, 0.1) is 11.8 Å². The lowest BCUT2D eigenvalue weighted by atomic mass is 9.74. The molecule has 1 aromatic rings. The largest absolute Gasteiger partial charge is 0.455 e. The third-order valence-electron chi connectivity index (χ3n) is 8.76. The first-order valence-electron chi connectivity index (χ1n) is 15.0. The number of carbonyl (C=O) groups is 4. The van der Waals surface area contributed by atoms with Gasteiger partial charge in [0.15, 0.2) is 0 Å². The molecule has 5 rings (SSSR count). The van der Waals surface area contributed by atoms with Crippen LogP contribution in [0.1, 0.15) is 57.6 Å².